The molecule has 26 heavy (non-hydrogen) atoms. The molecule has 2 saturated heterocycles. The van der Waals surface area contributed by atoms with E-state index in [9.17, 15) is 4.79 Å². The average Bonchev–Trinajstić information content (AvgIpc) is 3.31. The number of anilines is 1. The van der Waals surface area contributed by atoms with Gasteiger partial charge in [-0.15, -0.1) is 10.2 Å². The zero-order chi connectivity index (χ0) is 18.1. The number of hydrogen-bond donors (Lipinski definition) is 0. The van der Waals surface area contributed by atoms with E-state index in [1.807, 2.05) is 17.0 Å². The Labute approximate surface area is 152 Å². The predicted molar refractivity (Wildman–Crippen MR) is 93.6 cm³/mol. The molecular weight excluding hydrogens is 334 g/mol. The number of rotatable bonds is 3. The lowest BCUT2D eigenvalue weighted by atomic mass is 9.93. The van der Waals surface area contributed by atoms with Gasteiger partial charge in [0.25, 0.3) is 0 Å². The number of carbonyl (C=O) groups excluding carboxylic acids is 1. The molecule has 0 bridgehead atoms. The summed E-state index contributed by atoms with van der Waals surface area (Å²) in [7, 11) is 0. The molecule has 9 heteroatoms. The first kappa shape index (κ1) is 16.9. The van der Waals surface area contributed by atoms with Gasteiger partial charge in [0.15, 0.2) is 11.6 Å². The Balaban J connectivity index is 1.37. The van der Waals surface area contributed by atoms with Crippen molar-refractivity contribution in [2.75, 3.05) is 31.3 Å². The molecule has 9 nitrogen and oxygen atoms in total. The second-order valence-electron chi connectivity index (χ2n) is 7.41. The molecule has 2 fully saturated rings. The Bertz CT molecular complexity index is 752. The third-order valence-electron chi connectivity index (χ3n) is 5.13. The van der Waals surface area contributed by atoms with Gasteiger partial charge in [0, 0.05) is 19.0 Å². The van der Waals surface area contributed by atoms with E-state index < -0.39 is 0 Å². The first-order valence-corrected chi connectivity index (χ1v) is 8.87. The highest BCUT2D eigenvalue weighted by molar-refractivity contribution is 5.80. The maximum absolute atomic E-state index is 12.8. The summed E-state index contributed by atoms with van der Waals surface area (Å²) >= 11 is 0. The number of carbonyl (C=O) groups is 1. The van der Waals surface area contributed by atoms with Crippen molar-refractivity contribution in [2.45, 2.75) is 32.2 Å². The molecule has 2 aliphatic heterocycles. The van der Waals surface area contributed by atoms with Gasteiger partial charge < -0.3 is 14.5 Å². The maximum Gasteiger partial charge on any atom is 0.228 e. The van der Waals surface area contributed by atoms with Crippen molar-refractivity contribution in [1.82, 2.24) is 29.9 Å². The monoisotopic (exact) mass is 357 g/mol. The van der Waals surface area contributed by atoms with Gasteiger partial charge in [0.2, 0.25) is 5.91 Å². The van der Waals surface area contributed by atoms with Crippen LogP contribution in [0.15, 0.2) is 24.8 Å². The smallest absolute Gasteiger partial charge is 0.228 e. The molecule has 0 radical (unpaired) electrons. The van der Waals surface area contributed by atoms with E-state index in [1.165, 1.54) is 6.33 Å². The highest BCUT2D eigenvalue weighted by atomic mass is 16.5. The number of nitrogens with zero attached hydrogens (tertiary/aromatic N) is 7. The largest absolute Gasteiger partial charge is 0.359 e. The molecule has 4 rings (SSSR count). The van der Waals surface area contributed by atoms with E-state index in [2.05, 4.69) is 39.0 Å². The van der Waals surface area contributed by atoms with E-state index >= 15 is 0 Å². The van der Waals surface area contributed by atoms with Gasteiger partial charge in [0.1, 0.15) is 19.4 Å². The maximum atomic E-state index is 12.8. The number of hydrogen-bond acceptors (Lipinski definition) is 7. The van der Waals surface area contributed by atoms with Crippen LogP contribution in [0.3, 0.4) is 0 Å². The Morgan fingerprint density at radius 2 is 1.92 bits per heavy atom. The van der Waals surface area contributed by atoms with Crippen molar-refractivity contribution >= 4 is 11.7 Å². The summed E-state index contributed by atoms with van der Waals surface area (Å²) in [4.78, 5) is 20.8. The van der Waals surface area contributed by atoms with Crippen LogP contribution in [0.4, 0.5) is 5.82 Å². The molecule has 0 N–H and O–H groups in total. The molecule has 0 spiro atoms. The van der Waals surface area contributed by atoms with E-state index in [1.54, 1.807) is 11.0 Å². The Kier molecular flexibility index (Phi) is 4.31. The van der Waals surface area contributed by atoms with Crippen molar-refractivity contribution in [2.24, 2.45) is 5.92 Å². The average molecular weight is 357 g/mol. The van der Waals surface area contributed by atoms with Crippen LogP contribution in [0.1, 0.15) is 26.7 Å². The summed E-state index contributed by atoms with van der Waals surface area (Å²) in [6.45, 7) is 6.71. The van der Waals surface area contributed by atoms with Crippen molar-refractivity contribution in [3.63, 3.8) is 0 Å². The van der Waals surface area contributed by atoms with Gasteiger partial charge in [-0.25, -0.2) is 9.67 Å². The second-order valence-corrected chi connectivity index (χ2v) is 7.41. The van der Waals surface area contributed by atoms with Crippen molar-refractivity contribution < 1.29 is 9.53 Å². The van der Waals surface area contributed by atoms with Gasteiger partial charge in [-0.2, -0.15) is 5.10 Å². The first-order chi connectivity index (χ1) is 12.5. The molecule has 0 saturated carbocycles. The fraction of sp³-hybridized carbons (Fsp3) is 0.588. The van der Waals surface area contributed by atoms with E-state index in [4.69, 9.17) is 4.74 Å². The number of ether oxygens (including phenoxy) is 1. The van der Waals surface area contributed by atoms with Crippen LogP contribution in [0.25, 0.3) is 5.82 Å². The molecule has 0 unspecified atom stereocenters. The Hall–Kier alpha value is -2.55. The van der Waals surface area contributed by atoms with Crippen LogP contribution in [0.5, 0.6) is 0 Å². The quantitative estimate of drug-likeness (QED) is 0.805. The van der Waals surface area contributed by atoms with Gasteiger partial charge in [0.05, 0.1) is 12.1 Å². The van der Waals surface area contributed by atoms with Crippen LogP contribution in [-0.4, -0.2) is 67.7 Å². The number of aromatic nitrogens is 5. The van der Waals surface area contributed by atoms with Crippen molar-refractivity contribution in [3.8, 4) is 5.82 Å². The van der Waals surface area contributed by atoms with Gasteiger partial charge in [-0.1, -0.05) is 0 Å². The van der Waals surface area contributed by atoms with Crippen LogP contribution < -0.4 is 4.90 Å². The van der Waals surface area contributed by atoms with Gasteiger partial charge in [-0.3, -0.25) is 4.79 Å². The lowest BCUT2D eigenvalue weighted by molar-refractivity contribution is -0.140. The Morgan fingerprint density at radius 3 is 2.50 bits per heavy atom. The zero-order valence-corrected chi connectivity index (χ0v) is 15.1. The number of amides is 1. The van der Waals surface area contributed by atoms with Crippen LogP contribution in [0.2, 0.25) is 0 Å². The van der Waals surface area contributed by atoms with Crippen LogP contribution >= 0.6 is 0 Å². The third kappa shape index (κ3) is 3.14. The zero-order valence-electron chi connectivity index (χ0n) is 15.1. The van der Waals surface area contributed by atoms with Gasteiger partial charge in [-0.05, 0) is 38.8 Å². The van der Waals surface area contributed by atoms with Crippen LogP contribution in [0, 0.1) is 5.92 Å². The Morgan fingerprint density at radius 1 is 1.19 bits per heavy atom. The normalized spacial score (nSPS) is 20.5. The van der Waals surface area contributed by atoms with Crippen LogP contribution in [-0.2, 0) is 9.53 Å². The molecule has 0 aliphatic carbocycles. The van der Waals surface area contributed by atoms with E-state index in [-0.39, 0.29) is 17.4 Å². The standard InChI is InChI=1S/C17H23N7O2/c1-17(2)9-26-12-23(17)16(25)13-5-7-22(8-6-13)14-3-4-15(21-20-14)24-11-18-10-19-24/h3-4,10-11,13H,5-9,12H2,1-2H3. The molecule has 2 aliphatic rings. The summed E-state index contributed by atoms with van der Waals surface area (Å²) in [5, 5.41) is 12.6. The highest BCUT2D eigenvalue weighted by Gasteiger charge is 2.40. The van der Waals surface area contributed by atoms with E-state index in [0.717, 1.165) is 31.7 Å². The minimum Gasteiger partial charge on any atom is -0.359 e. The molecule has 0 atom stereocenters. The molecule has 1 amide bonds. The fourth-order valence-corrected chi connectivity index (χ4v) is 3.51. The topological polar surface area (TPSA) is 89.3 Å². The highest BCUT2D eigenvalue weighted by Crippen LogP contribution is 2.28. The van der Waals surface area contributed by atoms with Crippen molar-refractivity contribution in [1.29, 1.82) is 0 Å². The lowest BCUT2D eigenvalue weighted by Gasteiger charge is -2.36. The molecule has 2 aromatic heterocycles. The second kappa shape index (κ2) is 6.64. The molecule has 138 valence electrons. The summed E-state index contributed by atoms with van der Waals surface area (Å²) in [6.07, 6.45) is 4.68. The minimum absolute atomic E-state index is 0.0506. The molecule has 2 aromatic rings. The molecular formula is C17H23N7O2. The number of piperidine rings is 1. The summed E-state index contributed by atoms with van der Waals surface area (Å²) < 4.78 is 7.05. The summed E-state index contributed by atoms with van der Waals surface area (Å²) in [6, 6.07) is 3.81. The fourth-order valence-electron chi connectivity index (χ4n) is 3.51. The third-order valence-corrected chi connectivity index (χ3v) is 5.13. The minimum atomic E-state index is -0.211. The van der Waals surface area contributed by atoms with Crippen molar-refractivity contribution in [3.05, 3.63) is 24.8 Å². The van der Waals surface area contributed by atoms with Gasteiger partial charge >= 0.3 is 0 Å². The predicted octanol–water partition coefficient (Wildman–Crippen LogP) is 0.869. The summed E-state index contributed by atoms with van der Waals surface area (Å²) in [5.74, 6) is 1.71. The first-order valence-electron chi connectivity index (χ1n) is 8.87. The summed E-state index contributed by atoms with van der Waals surface area (Å²) in [5.41, 5.74) is -0.211. The lowest BCUT2D eigenvalue weighted by Crippen LogP contribution is -2.49. The molecule has 0 aromatic carbocycles. The van der Waals surface area contributed by atoms with E-state index in [0.29, 0.717) is 19.2 Å². The SMILES string of the molecule is CC1(C)COCN1C(=O)C1CCN(c2ccc(-n3cncn3)nn2)CC1. The molecule has 4 heterocycles.